The van der Waals surface area contributed by atoms with Gasteiger partial charge in [0.1, 0.15) is 22.0 Å². The number of carboxylic acids is 1. The summed E-state index contributed by atoms with van der Waals surface area (Å²) in [7, 11) is -4.06. The Balaban J connectivity index is 3.26. The quantitative estimate of drug-likeness (QED) is 0.733. The van der Waals surface area contributed by atoms with Gasteiger partial charge in [0.2, 0.25) is 10.0 Å². The van der Waals surface area contributed by atoms with Crippen LogP contribution in [0.15, 0.2) is 9.31 Å². The van der Waals surface area contributed by atoms with Crippen LogP contribution in [0, 0.1) is 13.8 Å². The number of aryl methyl sites for hydroxylation is 2. The summed E-state index contributed by atoms with van der Waals surface area (Å²) in [6, 6.07) is 0. The van der Waals surface area contributed by atoms with E-state index in [-0.39, 0.29) is 23.6 Å². The van der Waals surface area contributed by atoms with Crippen LogP contribution in [-0.2, 0) is 10.0 Å². The third-order valence-electron chi connectivity index (χ3n) is 2.38. The number of nitrogens with one attached hydrogen (secondary N) is 1. The van der Waals surface area contributed by atoms with Crippen molar-refractivity contribution >= 4 is 16.0 Å². The van der Waals surface area contributed by atoms with Gasteiger partial charge in [-0.05, 0) is 27.7 Å². The van der Waals surface area contributed by atoms with Crippen molar-refractivity contribution in [3.8, 4) is 0 Å². The lowest BCUT2D eigenvalue weighted by atomic mass is 10.1. The number of carboxylic acid groups (broad SMARTS) is 1. The number of sulfonamides is 1. The van der Waals surface area contributed by atoms with Crippen LogP contribution in [0.4, 0.5) is 0 Å². The fraction of sp³-hybridized carbons (Fsp3) is 0.545. The summed E-state index contributed by atoms with van der Waals surface area (Å²) in [5.41, 5.74) is -1.64. The van der Waals surface area contributed by atoms with Crippen LogP contribution < -0.4 is 4.72 Å². The van der Waals surface area contributed by atoms with Crippen LogP contribution in [0.3, 0.4) is 0 Å². The van der Waals surface area contributed by atoms with Gasteiger partial charge < -0.3 is 14.6 Å². The first-order valence-corrected chi connectivity index (χ1v) is 6.99. The predicted octanol–water partition coefficient (Wildman–Crippen LogP) is 0.644. The van der Waals surface area contributed by atoms with E-state index in [1.807, 2.05) is 0 Å². The molecule has 0 saturated carbocycles. The van der Waals surface area contributed by atoms with E-state index in [1.165, 1.54) is 27.7 Å². The summed E-state index contributed by atoms with van der Waals surface area (Å²) < 4.78 is 31.4. The van der Waals surface area contributed by atoms with E-state index in [4.69, 9.17) is 9.52 Å². The number of aliphatic hydroxyl groups is 1. The SMILES string of the molecule is Cc1oc(C)c(S(=O)(=O)NCC(C)(C)O)c1C(=O)O. The molecule has 19 heavy (non-hydrogen) atoms. The first-order valence-electron chi connectivity index (χ1n) is 5.51. The topological polar surface area (TPSA) is 117 Å². The molecule has 0 radical (unpaired) electrons. The molecule has 3 N–H and O–H groups in total. The Kier molecular flexibility index (Phi) is 4.08. The smallest absolute Gasteiger partial charge is 0.340 e. The van der Waals surface area contributed by atoms with Crippen molar-refractivity contribution in [1.82, 2.24) is 4.72 Å². The third-order valence-corrected chi connectivity index (χ3v) is 3.94. The van der Waals surface area contributed by atoms with Gasteiger partial charge in [0.15, 0.2) is 0 Å². The maximum atomic E-state index is 12.1. The maximum Gasteiger partial charge on any atom is 0.340 e. The van der Waals surface area contributed by atoms with E-state index in [1.54, 1.807) is 0 Å². The fourth-order valence-corrected chi connectivity index (χ4v) is 3.19. The molecule has 0 saturated heterocycles. The first-order chi connectivity index (χ1) is 8.46. The highest BCUT2D eigenvalue weighted by Gasteiger charge is 2.31. The summed E-state index contributed by atoms with van der Waals surface area (Å²) in [4.78, 5) is 10.7. The molecule has 0 aliphatic carbocycles. The van der Waals surface area contributed by atoms with Crippen molar-refractivity contribution in [1.29, 1.82) is 0 Å². The van der Waals surface area contributed by atoms with E-state index >= 15 is 0 Å². The fourth-order valence-electron chi connectivity index (χ4n) is 1.58. The summed E-state index contributed by atoms with van der Waals surface area (Å²) in [6.45, 7) is 5.38. The Hall–Kier alpha value is -1.38. The lowest BCUT2D eigenvalue weighted by Crippen LogP contribution is -2.38. The number of rotatable bonds is 5. The summed E-state index contributed by atoms with van der Waals surface area (Å²) in [5.74, 6) is -1.36. The van der Waals surface area contributed by atoms with E-state index < -0.39 is 26.5 Å². The van der Waals surface area contributed by atoms with Crippen LogP contribution in [0.1, 0.15) is 35.7 Å². The second-order valence-corrected chi connectivity index (χ2v) is 6.56. The second-order valence-electron chi connectivity index (χ2n) is 4.86. The monoisotopic (exact) mass is 291 g/mol. The van der Waals surface area contributed by atoms with Crippen LogP contribution in [0.2, 0.25) is 0 Å². The van der Waals surface area contributed by atoms with Crippen molar-refractivity contribution in [3.63, 3.8) is 0 Å². The zero-order chi connectivity index (χ0) is 15.0. The van der Waals surface area contributed by atoms with E-state index in [0.29, 0.717) is 0 Å². The predicted molar refractivity (Wildman–Crippen MR) is 66.6 cm³/mol. The normalized spacial score (nSPS) is 12.7. The molecule has 8 heteroatoms. The largest absolute Gasteiger partial charge is 0.478 e. The van der Waals surface area contributed by atoms with Crippen molar-refractivity contribution in [3.05, 3.63) is 17.1 Å². The van der Waals surface area contributed by atoms with Gasteiger partial charge >= 0.3 is 5.97 Å². The lowest BCUT2D eigenvalue weighted by Gasteiger charge is -2.17. The Labute approximate surface area is 111 Å². The van der Waals surface area contributed by atoms with Gasteiger partial charge in [0.25, 0.3) is 0 Å². The molecule has 1 aromatic heterocycles. The highest BCUT2D eigenvalue weighted by atomic mass is 32.2. The molecule has 1 rings (SSSR count). The molecule has 0 fully saturated rings. The number of hydrogen-bond acceptors (Lipinski definition) is 5. The summed E-state index contributed by atoms with van der Waals surface area (Å²) >= 11 is 0. The third kappa shape index (κ3) is 3.55. The number of furan rings is 1. The molecule has 7 nitrogen and oxygen atoms in total. The van der Waals surface area contributed by atoms with E-state index in [9.17, 15) is 18.3 Å². The van der Waals surface area contributed by atoms with Gasteiger partial charge in [-0.3, -0.25) is 0 Å². The molecule has 0 atom stereocenters. The first kappa shape index (κ1) is 15.7. The minimum Gasteiger partial charge on any atom is -0.478 e. The average Bonchev–Trinajstić information content (AvgIpc) is 2.50. The molecule has 0 aliphatic heterocycles. The Morgan fingerprint density at radius 2 is 1.84 bits per heavy atom. The van der Waals surface area contributed by atoms with Gasteiger partial charge in [0.05, 0.1) is 5.60 Å². The maximum absolute atomic E-state index is 12.1. The average molecular weight is 291 g/mol. The molecular formula is C11H17NO6S. The number of aromatic carboxylic acids is 1. The molecular weight excluding hydrogens is 274 g/mol. The van der Waals surface area contributed by atoms with Gasteiger partial charge in [-0.1, -0.05) is 0 Å². The van der Waals surface area contributed by atoms with E-state index in [0.717, 1.165) is 0 Å². The minimum atomic E-state index is -4.06. The Morgan fingerprint density at radius 3 is 2.26 bits per heavy atom. The molecule has 0 bridgehead atoms. The van der Waals surface area contributed by atoms with Gasteiger partial charge in [0, 0.05) is 6.54 Å². The molecule has 1 heterocycles. The molecule has 0 aliphatic rings. The second kappa shape index (κ2) is 4.95. The van der Waals surface area contributed by atoms with Crippen molar-refractivity contribution in [2.75, 3.05) is 6.54 Å². The van der Waals surface area contributed by atoms with Crippen molar-refractivity contribution < 1.29 is 27.8 Å². The van der Waals surface area contributed by atoms with E-state index in [2.05, 4.69) is 4.72 Å². The standard InChI is InChI=1S/C11H17NO6S/c1-6-8(10(13)14)9(7(2)18-6)19(16,17)12-5-11(3,4)15/h12,15H,5H2,1-4H3,(H,13,14). The zero-order valence-corrected chi connectivity index (χ0v) is 12.0. The molecule has 0 unspecified atom stereocenters. The molecule has 1 aromatic rings. The van der Waals surface area contributed by atoms with Crippen molar-refractivity contribution in [2.45, 2.75) is 38.2 Å². The Bertz CT molecular complexity index is 593. The van der Waals surface area contributed by atoms with Crippen LogP contribution in [0.25, 0.3) is 0 Å². The van der Waals surface area contributed by atoms with Crippen LogP contribution in [0.5, 0.6) is 0 Å². The lowest BCUT2D eigenvalue weighted by molar-refractivity contribution is 0.0691. The van der Waals surface area contributed by atoms with Crippen molar-refractivity contribution in [2.24, 2.45) is 0 Å². The molecule has 0 amide bonds. The number of hydrogen-bond donors (Lipinski definition) is 3. The minimum absolute atomic E-state index is 0.00172. The molecule has 0 aromatic carbocycles. The molecule has 108 valence electrons. The van der Waals surface area contributed by atoms with Gasteiger partial charge in [-0.2, -0.15) is 0 Å². The zero-order valence-electron chi connectivity index (χ0n) is 11.1. The highest BCUT2D eigenvalue weighted by molar-refractivity contribution is 7.89. The van der Waals surface area contributed by atoms with Crippen LogP contribution >= 0.6 is 0 Å². The summed E-state index contributed by atoms with van der Waals surface area (Å²) in [5, 5.41) is 18.6. The van der Waals surface area contributed by atoms with Crippen LogP contribution in [-0.4, -0.2) is 36.7 Å². The molecule has 0 spiro atoms. The number of carbonyl (C=O) groups is 1. The highest BCUT2D eigenvalue weighted by Crippen LogP contribution is 2.26. The summed E-state index contributed by atoms with van der Waals surface area (Å²) in [6.07, 6.45) is 0. The van der Waals surface area contributed by atoms with Gasteiger partial charge in [-0.25, -0.2) is 17.9 Å². The Morgan fingerprint density at radius 1 is 1.32 bits per heavy atom. The van der Waals surface area contributed by atoms with Gasteiger partial charge in [-0.15, -0.1) is 0 Å².